The van der Waals surface area contributed by atoms with Gasteiger partial charge in [0.05, 0.1) is 10.9 Å². The molecule has 0 heterocycles. The van der Waals surface area contributed by atoms with Gasteiger partial charge in [0.15, 0.2) is 0 Å². The molecule has 1 atom stereocenters. The third-order valence-electron chi connectivity index (χ3n) is 5.93. The van der Waals surface area contributed by atoms with Crippen LogP contribution in [-0.2, 0) is 14.3 Å². The van der Waals surface area contributed by atoms with E-state index in [0.29, 0.717) is 0 Å². The lowest BCUT2D eigenvalue weighted by Crippen LogP contribution is -2.45. The molecule has 0 saturated carbocycles. The molecule has 2 amide bonds. The summed E-state index contributed by atoms with van der Waals surface area (Å²) in [6.45, 7) is 1.49. The quantitative estimate of drug-likeness (QED) is 0.381. The lowest BCUT2D eigenvalue weighted by Gasteiger charge is -2.19. The Balaban J connectivity index is 1.45. The van der Waals surface area contributed by atoms with Gasteiger partial charge < -0.3 is 20.5 Å². The van der Waals surface area contributed by atoms with Crippen LogP contribution in [0.15, 0.2) is 65.1 Å². The van der Waals surface area contributed by atoms with E-state index in [2.05, 4.69) is 26.6 Å². The van der Waals surface area contributed by atoms with Crippen LogP contribution in [0.1, 0.15) is 29.0 Å². The van der Waals surface area contributed by atoms with E-state index in [0.717, 1.165) is 22.3 Å². The van der Waals surface area contributed by atoms with Crippen LogP contribution in [-0.4, -0.2) is 35.7 Å². The van der Waals surface area contributed by atoms with Gasteiger partial charge >= 0.3 is 12.1 Å². The number of carboxylic acid groups (broad SMARTS) is 1. The van der Waals surface area contributed by atoms with Gasteiger partial charge in [-0.2, -0.15) is 0 Å². The number of alkyl carbamates (subject to hydrolysis) is 1. The van der Waals surface area contributed by atoms with E-state index in [4.69, 9.17) is 4.74 Å². The van der Waals surface area contributed by atoms with Gasteiger partial charge in [-0.3, -0.25) is 9.59 Å². The van der Waals surface area contributed by atoms with E-state index in [-0.39, 0.29) is 28.2 Å². The standard InChI is InChI=1S/C26H22BrFN2O5/c1-14-21(11-10-20(27)24(14)28)29-25(33)22(12-23(31)32)30-26(34)35-13-19-17-8-4-2-6-15(17)16-7-3-5-9-18(16)19/h2-11,19,22H,12-13H2,1H3,(H,29,33)(H,30,34)(H,31,32). The second-order valence-corrected chi connectivity index (χ2v) is 9.00. The van der Waals surface area contributed by atoms with E-state index in [1.165, 1.54) is 19.1 Å². The Hall–Kier alpha value is -3.72. The minimum absolute atomic E-state index is 0.0122. The summed E-state index contributed by atoms with van der Waals surface area (Å²) in [5.74, 6) is -2.83. The van der Waals surface area contributed by atoms with Crippen LogP contribution in [0.4, 0.5) is 14.9 Å². The Kier molecular flexibility index (Phi) is 7.16. The van der Waals surface area contributed by atoms with E-state index >= 15 is 0 Å². The largest absolute Gasteiger partial charge is 0.481 e. The normalized spacial score (nSPS) is 12.9. The molecular formula is C26H22BrFN2O5. The fourth-order valence-corrected chi connectivity index (χ4v) is 4.60. The highest BCUT2D eigenvalue weighted by Gasteiger charge is 2.30. The van der Waals surface area contributed by atoms with Crippen LogP contribution in [0.2, 0.25) is 0 Å². The first kappa shape index (κ1) is 24.4. The molecule has 180 valence electrons. The Labute approximate surface area is 209 Å². The van der Waals surface area contributed by atoms with Crippen LogP contribution in [0, 0.1) is 12.7 Å². The van der Waals surface area contributed by atoms with Crippen molar-refractivity contribution in [3.63, 3.8) is 0 Å². The van der Waals surface area contributed by atoms with Crippen LogP contribution in [0.5, 0.6) is 0 Å². The van der Waals surface area contributed by atoms with Crippen molar-refractivity contribution in [1.29, 1.82) is 0 Å². The lowest BCUT2D eigenvalue weighted by molar-refractivity contribution is -0.139. The topological polar surface area (TPSA) is 105 Å². The highest BCUT2D eigenvalue weighted by molar-refractivity contribution is 9.10. The summed E-state index contributed by atoms with van der Waals surface area (Å²) in [7, 11) is 0. The van der Waals surface area contributed by atoms with Crippen molar-refractivity contribution in [2.45, 2.75) is 25.3 Å². The van der Waals surface area contributed by atoms with E-state index in [1.54, 1.807) is 0 Å². The number of carboxylic acids is 1. The van der Waals surface area contributed by atoms with Crippen molar-refractivity contribution in [3.8, 4) is 11.1 Å². The highest BCUT2D eigenvalue weighted by Crippen LogP contribution is 2.44. The summed E-state index contributed by atoms with van der Waals surface area (Å²) < 4.78 is 19.8. The monoisotopic (exact) mass is 540 g/mol. The molecule has 0 radical (unpaired) electrons. The summed E-state index contributed by atoms with van der Waals surface area (Å²) in [6, 6.07) is 17.2. The molecule has 0 aliphatic heterocycles. The average molecular weight is 541 g/mol. The first-order valence-electron chi connectivity index (χ1n) is 10.8. The van der Waals surface area contributed by atoms with Crippen molar-refractivity contribution < 1.29 is 28.6 Å². The Morgan fingerprint density at radius 1 is 1.03 bits per heavy atom. The van der Waals surface area contributed by atoms with E-state index in [1.807, 2.05) is 48.5 Å². The van der Waals surface area contributed by atoms with Gasteiger partial charge in [0.1, 0.15) is 18.5 Å². The number of hydrogen-bond donors (Lipinski definition) is 3. The molecular weight excluding hydrogens is 519 g/mol. The zero-order valence-corrected chi connectivity index (χ0v) is 20.3. The number of carbonyl (C=O) groups is 3. The summed E-state index contributed by atoms with van der Waals surface area (Å²) in [5, 5.41) is 14.0. The maximum atomic E-state index is 14.1. The minimum atomic E-state index is -1.42. The highest BCUT2D eigenvalue weighted by atomic mass is 79.9. The van der Waals surface area contributed by atoms with Crippen molar-refractivity contribution in [1.82, 2.24) is 5.32 Å². The van der Waals surface area contributed by atoms with Crippen LogP contribution in [0.25, 0.3) is 11.1 Å². The number of carbonyl (C=O) groups excluding carboxylic acids is 2. The summed E-state index contributed by atoms with van der Waals surface area (Å²) >= 11 is 3.07. The van der Waals surface area contributed by atoms with Gasteiger partial charge in [-0.15, -0.1) is 0 Å². The molecule has 1 aliphatic carbocycles. The summed E-state index contributed by atoms with van der Waals surface area (Å²) in [6.07, 6.45) is -1.60. The van der Waals surface area contributed by atoms with Crippen molar-refractivity contribution in [2.75, 3.05) is 11.9 Å². The number of nitrogens with one attached hydrogen (secondary N) is 2. The molecule has 1 aliphatic rings. The third kappa shape index (κ3) is 5.19. The van der Waals surface area contributed by atoms with Gasteiger partial charge in [0.2, 0.25) is 5.91 Å². The van der Waals surface area contributed by atoms with Crippen LogP contribution < -0.4 is 10.6 Å². The molecule has 0 bridgehead atoms. The zero-order valence-electron chi connectivity index (χ0n) is 18.7. The summed E-state index contributed by atoms with van der Waals surface area (Å²) in [4.78, 5) is 36.6. The minimum Gasteiger partial charge on any atom is -0.481 e. The average Bonchev–Trinajstić information content (AvgIpc) is 3.16. The van der Waals surface area contributed by atoms with Crippen molar-refractivity contribution in [3.05, 3.63) is 87.6 Å². The number of hydrogen-bond acceptors (Lipinski definition) is 4. The summed E-state index contributed by atoms with van der Waals surface area (Å²) in [5.41, 5.74) is 4.51. The van der Waals surface area contributed by atoms with Gasteiger partial charge in [-0.1, -0.05) is 48.5 Å². The molecule has 3 aromatic rings. The van der Waals surface area contributed by atoms with E-state index < -0.39 is 36.2 Å². The van der Waals surface area contributed by atoms with Gasteiger partial charge in [-0.25, -0.2) is 9.18 Å². The predicted molar refractivity (Wildman–Crippen MR) is 132 cm³/mol. The number of anilines is 1. The number of ether oxygens (including phenoxy) is 1. The molecule has 0 saturated heterocycles. The van der Waals surface area contributed by atoms with Crippen molar-refractivity contribution >= 4 is 39.6 Å². The lowest BCUT2D eigenvalue weighted by atomic mass is 9.98. The first-order valence-corrected chi connectivity index (χ1v) is 11.6. The number of rotatable bonds is 7. The van der Waals surface area contributed by atoms with Crippen LogP contribution in [0.3, 0.4) is 0 Å². The number of benzene rings is 3. The molecule has 1 unspecified atom stereocenters. The Morgan fingerprint density at radius 2 is 1.63 bits per heavy atom. The molecule has 0 fully saturated rings. The zero-order chi connectivity index (χ0) is 25.1. The fourth-order valence-electron chi connectivity index (χ4n) is 4.17. The van der Waals surface area contributed by atoms with Gasteiger partial charge in [0, 0.05) is 17.2 Å². The number of amides is 2. The second kappa shape index (κ2) is 10.3. The van der Waals surface area contributed by atoms with Gasteiger partial charge in [0.25, 0.3) is 0 Å². The molecule has 7 nitrogen and oxygen atoms in total. The molecule has 0 aromatic heterocycles. The smallest absolute Gasteiger partial charge is 0.407 e. The second-order valence-electron chi connectivity index (χ2n) is 8.14. The fraction of sp³-hybridized carbons (Fsp3) is 0.192. The molecule has 9 heteroatoms. The van der Waals surface area contributed by atoms with Gasteiger partial charge in [-0.05, 0) is 57.2 Å². The van der Waals surface area contributed by atoms with Crippen molar-refractivity contribution in [2.24, 2.45) is 0 Å². The van der Waals surface area contributed by atoms with E-state index in [9.17, 15) is 23.9 Å². The molecule has 3 aromatic carbocycles. The third-order valence-corrected chi connectivity index (χ3v) is 6.54. The molecule has 0 spiro atoms. The maximum absolute atomic E-state index is 14.1. The Bertz CT molecular complexity index is 1270. The Morgan fingerprint density at radius 3 is 2.23 bits per heavy atom. The first-order chi connectivity index (χ1) is 16.8. The molecule has 3 N–H and O–H groups in total. The maximum Gasteiger partial charge on any atom is 0.407 e. The molecule has 35 heavy (non-hydrogen) atoms. The number of aliphatic carboxylic acids is 1. The molecule has 4 rings (SSSR count). The number of halogens is 2. The SMILES string of the molecule is Cc1c(NC(=O)C(CC(=O)O)NC(=O)OCC2c3ccccc3-c3ccccc32)ccc(Br)c1F. The number of fused-ring (bicyclic) bond motifs is 3. The predicted octanol–water partition coefficient (Wildman–Crippen LogP) is 5.22. The van der Waals surface area contributed by atoms with Crippen LogP contribution >= 0.6 is 15.9 Å².